The summed E-state index contributed by atoms with van der Waals surface area (Å²) in [4.78, 5) is 26.5. The van der Waals surface area contributed by atoms with E-state index < -0.39 is 23.6 Å². The highest BCUT2D eigenvalue weighted by atomic mass is 16.7. The standard InChI is InChI=1S/C10H20N2O4/c1-5-7(8(13)16-11)6-12-9(14)15-10(2,3)4/h7H,5-6,11H2,1-4H3,(H,12,14). The summed E-state index contributed by atoms with van der Waals surface area (Å²) >= 11 is 0. The third-order valence-corrected chi connectivity index (χ3v) is 1.83. The van der Waals surface area contributed by atoms with E-state index in [0.29, 0.717) is 6.42 Å². The number of nitrogens with two attached hydrogens (primary N) is 1. The molecule has 0 aliphatic rings. The van der Waals surface area contributed by atoms with Gasteiger partial charge in [-0.1, -0.05) is 6.92 Å². The number of ether oxygens (including phenoxy) is 1. The second-order valence-electron chi connectivity index (χ2n) is 4.42. The van der Waals surface area contributed by atoms with E-state index >= 15 is 0 Å². The fourth-order valence-electron chi connectivity index (χ4n) is 1.01. The number of alkyl carbamates (subject to hydrolysis) is 1. The predicted octanol–water partition coefficient (Wildman–Crippen LogP) is 0.954. The molecule has 0 aromatic heterocycles. The Morgan fingerprint density at radius 2 is 1.94 bits per heavy atom. The summed E-state index contributed by atoms with van der Waals surface area (Å²) in [6, 6.07) is 0. The van der Waals surface area contributed by atoms with Crippen LogP contribution in [0.15, 0.2) is 0 Å². The van der Waals surface area contributed by atoms with Crippen LogP contribution < -0.4 is 11.2 Å². The fraction of sp³-hybridized carbons (Fsp3) is 0.800. The molecule has 0 saturated carbocycles. The van der Waals surface area contributed by atoms with E-state index in [0.717, 1.165) is 0 Å². The quantitative estimate of drug-likeness (QED) is 0.704. The molecule has 0 heterocycles. The lowest BCUT2D eigenvalue weighted by molar-refractivity contribution is -0.149. The largest absolute Gasteiger partial charge is 0.444 e. The minimum Gasteiger partial charge on any atom is -0.444 e. The molecule has 0 bridgehead atoms. The first-order valence-electron chi connectivity index (χ1n) is 5.17. The number of carbonyl (C=O) groups excluding carboxylic acids is 2. The predicted molar refractivity (Wildman–Crippen MR) is 58.3 cm³/mol. The molecule has 0 aromatic rings. The van der Waals surface area contributed by atoms with Gasteiger partial charge >= 0.3 is 12.1 Å². The summed E-state index contributed by atoms with van der Waals surface area (Å²) in [5, 5.41) is 2.49. The lowest BCUT2D eigenvalue weighted by atomic mass is 10.1. The maximum Gasteiger partial charge on any atom is 0.407 e. The van der Waals surface area contributed by atoms with Gasteiger partial charge in [-0.2, -0.15) is 5.90 Å². The molecule has 1 atom stereocenters. The van der Waals surface area contributed by atoms with Gasteiger partial charge in [-0.3, -0.25) is 4.79 Å². The number of hydrogen-bond donors (Lipinski definition) is 2. The lowest BCUT2D eigenvalue weighted by Crippen LogP contribution is -2.37. The Morgan fingerprint density at radius 1 is 1.38 bits per heavy atom. The van der Waals surface area contributed by atoms with Gasteiger partial charge in [0.05, 0.1) is 5.92 Å². The van der Waals surface area contributed by atoms with E-state index in [1.165, 1.54) is 0 Å². The molecule has 6 heteroatoms. The van der Waals surface area contributed by atoms with Crippen LogP contribution in [0.3, 0.4) is 0 Å². The zero-order valence-corrected chi connectivity index (χ0v) is 10.2. The van der Waals surface area contributed by atoms with Gasteiger partial charge in [0.2, 0.25) is 0 Å². The van der Waals surface area contributed by atoms with E-state index in [-0.39, 0.29) is 6.54 Å². The van der Waals surface area contributed by atoms with Crippen LogP contribution in [-0.4, -0.2) is 24.2 Å². The van der Waals surface area contributed by atoms with Crippen molar-refractivity contribution in [2.75, 3.05) is 6.54 Å². The Hall–Kier alpha value is -1.30. The first-order valence-corrected chi connectivity index (χ1v) is 5.17. The van der Waals surface area contributed by atoms with Gasteiger partial charge < -0.3 is 14.9 Å². The van der Waals surface area contributed by atoms with E-state index in [2.05, 4.69) is 10.2 Å². The number of carbonyl (C=O) groups is 2. The zero-order valence-electron chi connectivity index (χ0n) is 10.2. The Bertz CT molecular complexity index is 248. The van der Waals surface area contributed by atoms with E-state index in [1.54, 1.807) is 27.7 Å². The zero-order chi connectivity index (χ0) is 12.8. The fourth-order valence-corrected chi connectivity index (χ4v) is 1.01. The van der Waals surface area contributed by atoms with Gasteiger partial charge in [-0.15, -0.1) is 0 Å². The maximum atomic E-state index is 11.3. The molecule has 0 radical (unpaired) electrons. The molecule has 0 rings (SSSR count). The summed E-state index contributed by atoms with van der Waals surface area (Å²) in [6.45, 7) is 7.24. The number of nitrogens with one attached hydrogen (secondary N) is 1. The van der Waals surface area contributed by atoms with Crippen molar-refractivity contribution >= 4 is 12.1 Å². The summed E-state index contributed by atoms with van der Waals surface area (Å²) < 4.78 is 5.01. The van der Waals surface area contributed by atoms with Crippen molar-refractivity contribution in [2.45, 2.75) is 39.7 Å². The summed E-state index contributed by atoms with van der Waals surface area (Å²) in [7, 11) is 0. The highest BCUT2D eigenvalue weighted by Gasteiger charge is 2.21. The third-order valence-electron chi connectivity index (χ3n) is 1.83. The van der Waals surface area contributed by atoms with E-state index in [9.17, 15) is 9.59 Å². The molecule has 0 aromatic carbocycles. The Balaban J connectivity index is 4.03. The van der Waals surface area contributed by atoms with E-state index in [4.69, 9.17) is 10.6 Å². The molecule has 3 N–H and O–H groups in total. The molecule has 0 spiro atoms. The first-order chi connectivity index (χ1) is 7.30. The second kappa shape index (κ2) is 6.32. The molecule has 0 saturated heterocycles. The van der Waals surface area contributed by atoms with Crippen LogP contribution >= 0.6 is 0 Å². The second-order valence-corrected chi connectivity index (χ2v) is 4.42. The van der Waals surface area contributed by atoms with Crippen LogP contribution in [0, 0.1) is 5.92 Å². The van der Waals surface area contributed by atoms with Crippen LogP contribution in [0.2, 0.25) is 0 Å². The van der Waals surface area contributed by atoms with Crippen molar-refractivity contribution in [1.82, 2.24) is 5.32 Å². The minimum atomic E-state index is -0.559. The summed E-state index contributed by atoms with van der Waals surface area (Å²) in [5.41, 5.74) is -0.555. The normalized spacial score (nSPS) is 12.8. The first kappa shape index (κ1) is 14.7. The van der Waals surface area contributed by atoms with Gasteiger partial charge in [-0.25, -0.2) is 4.79 Å². The molecule has 0 fully saturated rings. The highest BCUT2D eigenvalue weighted by Crippen LogP contribution is 2.07. The third kappa shape index (κ3) is 6.23. The molecular formula is C10H20N2O4. The van der Waals surface area contributed by atoms with Crippen molar-refractivity contribution in [3.05, 3.63) is 0 Å². The monoisotopic (exact) mass is 232 g/mol. The van der Waals surface area contributed by atoms with Crippen molar-refractivity contribution in [2.24, 2.45) is 11.8 Å². The van der Waals surface area contributed by atoms with Gasteiger partial charge in [0.15, 0.2) is 0 Å². The number of amides is 1. The summed E-state index contributed by atoms with van der Waals surface area (Å²) in [6.07, 6.45) is -0.0259. The topological polar surface area (TPSA) is 90.6 Å². The smallest absolute Gasteiger partial charge is 0.407 e. The highest BCUT2D eigenvalue weighted by molar-refractivity contribution is 5.74. The van der Waals surface area contributed by atoms with Crippen molar-refractivity contribution in [3.63, 3.8) is 0 Å². The van der Waals surface area contributed by atoms with Gasteiger partial charge in [0.25, 0.3) is 0 Å². The molecule has 1 amide bonds. The lowest BCUT2D eigenvalue weighted by Gasteiger charge is -2.20. The van der Waals surface area contributed by atoms with Crippen molar-refractivity contribution < 1.29 is 19.2 Å². The molecule has 0 aliphatic carbocycles. The summed E-state index contributed by atoms with van der Waals surface area (Å²) in [5.74, 6) is 3.77. The molecule has 6 nitrogen and oxygen atoms in total. The van der Waals surface area contributed by atoms with Crippen LogP contribution in [0.1, 0.15) is 34.1 Å². The van der Waals surface area contributed by atoms with Crippen LogP contribution in [0.5, 0.6) is 0 Å². The maximum absolute atomic E-state index is 11.3. The number of rotatable bonds is 4. The molecule has 94 valence electrons. The Labute approximate surface area is 95.4 Å². The van der Waals surface area contributed by atoms with Crippen LogP contribution in [-0.2, 0) is 14.4 Å². The van der Waals surface area contributed by atoms with Gasteiger partial charge in [0.1, 0.15) is 5.60 Å². The van der Waals surface area contributed by atoms with Crippen LogP contribution in [0.25, 0.3) is 0 Å². The molecule has 1 unspecified atom stereocenters. The minimum absolute atomic E-state index is 0.154. The Kier molecular flexibility index (Phi) is 5.81. The molecule has 16 heavy (non-hydrogen) atoms. The average molecular weight is 232 g/mol. The number of hydrogen-bond acceptors (Lipinski definition) is 5. The van der Waals surface area contributed by atoms with Crippen LogP contribution in [0.4, 0.5) is 4.79 Å². The average Bonchev–Trinajstić information content (AvgIpc) is 2.15. The van der Waals surface area contributed by atoms with Gasteiger partial charge in [-0.05, 0) is 27.2 Å². The van der Waals surface area contributed by atoms with Gasteiger partial charge in [0, 0.05) is 6.54 Å². The Morgan fingerprint density at radius 3 is 2.31 bits per heavy atom. The molecular weight excluding hydrogens is 212 g/mol. The molecule has 0 aliphatic heterocycles. The SMILES string of the molecule is CCC(CNC(=O)OC(C)(C)C)C(=O)ON. The van der Waals surface area contributed by atoms with E-state index in [1.807, 2.05) is 0 Å². The van der Waals surface area contributed by atoms with Crippen molar-refractivity contribution in [3.8, 4) is 0 Å². The van der Waals surface area contributed by atoms with Crippen molar-refractivity contribution in [1.29, 1.82) is 0 Å².